The van der Waals surface area contributed by atoms with Crippen molar-refractivity contribution in [1.82, 2.24) is 0 Å². The van der Waals surface area contributed by atoms with E-state index in [0.29, 0.717) is 29.4 Å². The predicted molar refractivity (Wildman–Crippen MR) is 119 cm³/mol. The minimum atomic E-state index is -0.231. The van der Waals surface area contributed by atoms with E-state index in [1.165, 1.54) is 0 Å². The zero-order chi connectivity index (χ0) is 21.5. The van der Waals surface area contributed by atoms with Crippen molar-refractivity contribution >= 4 is 11.6 Å². The van der Waals surface area contributed by atoms with Gasteiger partial charge in [0.25, 0.3) is 5.91 Å². The standard InChI is InChI=1S/C25H27NO4/c1-5-19-13-9-10-17(2)23(19)26-25(27)20-14-21(28-3)24(22(15-20)29-4)30-16-18-11-7-6-8-12-18/h6-15H,5,16H2,1-4H3,(H,26,27). The number of benzene rings is 3. The van der Waals surface area contributed by atoms with Gasteiger partial charge < -0.3 is 19.5 Å². The van der Waals surface area contributed by atoms with Crippen LogP contribution in [0.1, 0.15) is 34.0 Å². The second-order valence-electron chi connectivity index (χ2n) is 6.90. The first-order valence-corrected chi connectivity index (χ1v) is 9.90. The van der Waals surface area contributed by atoms with Crippen LogP contribution in [0.15, 0.2) is 60.7 Å². The zero-order valence-electron chi connectivity index (χ0n) is 17.8. The highest BCUT2D eigenvalue weighted by Crippen LogP contribution is 2.39. The normalized spacial score (nSPS) is 10.4. The fourth-order valence-corrected chi connectivity index (χ4v) is 3.27. The number of nitrogens with one attached hydrogen (secondary N) is 1. The summed E-state index contributed by atoms with van der Waals surface area (Å²) >= 11 is 0. The molecule has 0 aliphatic rings. The molecule has 3 aromatic rings. The molecule has 0 radical (unpaired) electrons. The number of anilines is 1. The molecule has 0 saturated carbocycles. The van der Waals surface area contributed by atoms with Crippen LogP contribution < -0.4 is 19.5 Å². The van der Waals surface area contributed by atoms with E-state index in [-0.39, 0.29) is 5.91 Å². The van der Waals surface area contributed by atoms with Crippen molar-refractivity contribution in [2.24, 2.45) is 0 Å². The third kappa shape index (κ3) is 4.74. The van der Waals surface area contributed by atoms with Crippen LogP contribution in [0.4, 0.5) is 5.69 Å². The maximum Gasteiger partial charge on any atom is 0.255 e. The van der Waals surface area contributed by atoms with Gasteiger partial charge in [-0.2, -0.15) is 0 Å². The van der Waals surface area contributed by atoms with Crippen molar-refractivity contribution in [3.63, 3.8) is 0 Å². The lowest BCUT2D eigenvalue weighted by Gasteiger charge is -2.17. The maximum absolute atomic E-state index is 13.0. The maximum atomic E-state index is 13.0. The van der Waals surface area contributed by atoms with Gasteiger partial charge in [0.05, 0.1) is 14.2 Å². The molecule has 0 heterocycles. The Bertz CT molecular complexity index is 990. The lowest BCUT2D eigenvalue weighted by atomic mass is 10.1. The Kier molecular flexibility index (Phi) is 6.96. The molecule has 3 rings (SSSR count). The van der Waals surface area contributed by atoms with Gasteiger partial charge in [0, 0.05) is 11.3 Å². The Morgan fingerprint density at radius 1 is 0.933 bits per heavy atom. The molecule has 0 saturated heterocycles. The van der Waals surface area contributed by atoms with Crippen molar-refractivity contribution in [3.05, 3.63) is 82.9 Å². The van der Waals surface area contributed by atoms with Crippen LogP contribution in [0.3, 0.4) is 0 Å². The zero-order valence-corrected chi connectivity index (χ0v) is 17.8. The van der Waals surface area contributed by atoms with E-state index < -0.39 is 0 Å². The first-order chi connectivity index (χ1) is 14.6. The highest BCUT2D eigenvalue weighted by Gasteiger charge is 2.19. The molecule has 5 heteroatoms. The average Bonchev–Trinajstić information content (AvgIpc) is 2.78. The minimum Gasteiger partial charge on any atom is -0.493 e. The van der Waals surface area contributed by atoms with E-state index in [4.69, 9.17) is 14.2 Å². The Morgan fingerprint density at radius 3 is 2.20 bits per heavy atom. The molecule has 0 aliphatic carbocycles. The third-order valence-corrected chi connectivity index (χ3v) is 4.93. The van der Waals surface area contributed by atoms with Gasteiger partial charge in [0.15, 0.2) is 11.5 Å². The smallest absolute Gasteiger partial charge is 0.255 e. The first kappa shape index (κ1) is 21.2. The van der Waals surface area contributed by atoms with Gasteiger partial charge in [-0.25, -0.2) is 0 Å². The largest absolute Gasteiger partial charge is 0.493 e. The molecule has 156 valence electrons. The summed E-state index contributed by atoms with van der Waals surface area (Å²) in [6, 6.07) is 19.2. The highest BCUT2D eigenvalue weighted by molar-refractivity contribution is 6.05. The number of para-hydroxylation sites is 1. The Balaban J connectivity index is 1.88. The van der Waals surface area contributed by atoms with Crippen molar-refractivity contribution in [3.8, 4) is 17.2 Å². The molecule has 0 bridgehead atoms. The van der Waals surface area contributed by atoms with E-state index in [2.05, 4.69) is 12.2 Å². The second kappa shape index (κ2) is 9.83. The van der Waals surface area contributed by atoms with Crippen LogP contribution >= 0.6 is 0 Å². The minimum absolute atomic E-state index is 0.231. The van der Waals surface area contributed by atoms with Crippen LogP contribution in [0, 0.1) is 6.92 Å². The van der Waals surface area contributed by atoms with Gasteiger partial charge in [0.1, 0.15) is 6.61 Å². The van der Waals surface area contributed by atoms with Crippen LogP contribution in [-0.4, -0.2) is 20.1 Å². The fourth-order valence-electron chi connectivity index (χ4n) is 3.27. The Morgan fingerprint density at radius 2 is 1.60 bits per heavy atom. The topological polar surface area (TPSA) is 56.8 Å². The Hall–Kier alpha value is -3.47. The molecule has 0 fully saturated rings. The van der Waals surface area contributed by atoms with E-state index in [9.17, 15) is 4.79 Å². The molecule has 1 N–H and O–H groups in total. The van der Waals surface area contributed by atoms with Crippen LogP contribution in [0.5, 0.6) is 17.2 Å². The quantitative estimate of drug-likeness (QED) is 0.545. The molecule has 5 nitrogen and oxygen atoms in total. The summed E-state index contributed by atoms with van der Waals surface area (Å²) in [7, 11) is 3.09. The predicted octanol–water partition coefficient (Wildman–Crippen LogP) is 5.41. The lowest BCUT2D eigenvalue weighted by Crippen LogP contribution is -2.15. The summed E-state index contributed by atoms with van der Waals surface area (Å²) < 4.78 is 17.0. The van der Waals surface area contributed by atoms with E-state index in [1.807, 2.05) is 55.5 Å². The summed E-state index contributed by atoms with van der Waals surface area (Å²) in [5.41, 5.74) is 4.40. The monoisotopic (exact) mass is 405 g/mol. The molecule has 30 heavy (non-hydrogen) atoms. The van der Waals surface area contributed by atoms with E-state index in [0.717, 1.165) is 28.8 Å². The third-order valence-electron chi connectivity index (χ3n) is 4.93. The summed E-state index contributed by atoms with van der Waals surface area (Å²) in [5, 5.41) is 3.04. The molecule has 0 unspecified atom stereocenters. The average molecular weight is 405 g/mol. The molecule has 0 atom stereocenters. The van der Waals surface area contributed by atoms with Gasteiger partial charge >= 0.3 is 0 Å². The van der Waals surface area contributed by atoms with Crippen LogP contribution in [0.2, 0.25) is 0 Å². The van der Waals surface area contributed by atoms with Gasteiger partial charge in [0.2, 0.25) is 5.75 Å². The second-order valence-corrected chi connectivity index (χ2v) is 6.90. The van der Waals surface area contributed by atoms with Gasteiger partial charge in [-0.15, -0.1) is 0 Å². The number of carbonyl (C=O) groups is 1. The molecule has 1 amide bonds. The van der Waals surface area contributed by atoms with Crippen molar-refractivity contribution in [2.45, 2.75) is 26.9 Å². The summed E-state index contributed by atoms with van der Waals surface area (Å²) in [5.74, 6) is 1.11. The number of aryl methyl sites for hydroxylation is 2. The van der Waals surface area contributed by atoms with Crippen LogP contribution in [-0.2, 0) is 13.0 Å². The summed E-state index contributed by atoms with van der Waals surface area (Å²) in [6.45, 7) is 4.41. The van der Waals surface area contributed by atoms with Crippen molar-refractivity contribution in [2.75, 3.05) is 19.5 Å². The van der Waals surface area contributed by atoms with E-state index in [1.54, 1.807) is 26.4 Å². The fraction of sp³-hybridized carbons (Fsp3) is 0.240. The van der Waals surface area contributed by atoms with Gasteiger partial charge in [-0.05, 0) is 42.2 Å². The molecule has 0 spiro atoms. The number of amides is 1. The first-order valence-electron chi connectivity index (χ1n) is 9.90. The number of ether oxygens (including phenoxy) is 3. The van der Waals surface area contributed by atoms with Crippen LogP contribution in [0.25, 0.3) is 0 Å². The lowest BCUT2D eigenvalue weighted by molar-refractivity contribution is 0.102. The number of carbonyl (C=O) groups excluding carboxylic acids is 1. The van der Waals surface area contributed by atoms with E-state index >= 15 is 0 Å². The number of rotatable bonds is 8. The molecule has 0 aromatic heterocycles. The number of hydrogen-bond acceptors (Lipinski definition) is 4. The molecular formula is C25H27NO4. The van der Waals surface area contributed by atoms with Gasteiger partial charge in [-0.3, -0.25) is 4.79 Å². The molecule has 3 aromatic carbocycles. The van der Waals surface area contributed by atoms with Gasteiger partial charge in [-0.1, -0.05) is 55.5 Å². The Labute approximate surface area is 177 Å². The SMILES string of the molecule is CCc1cccc(C)c1NC(=O)c1cc(OC)c(OCc2ccccc2)c(OC)c1. The summed E-state index contributed by atoms with van der Waals surface area (Å²) in [4.78, 5) is 13.0. The summed E-state index contributed by atoms with van der Waals surface area (Å²) in [6.07, 6.45) is 0.830. The number of hydrogen-bond donors (Lipinski definition) is 1. The van der Waals surface area contributed by atoms with Crippen molar-refractivity contribution < 1.29 is 19.0 Å². The highest BCUT2D eigenvalue weighted by atomic mass is 16.5. The molecular weight excluding hydrogens is 378 g/mol. The molecule has 0 aliphatic heterocycles. The van der Waals surface area contributed by atoms with Crippen molar-refractivity contribution in [1.29, 1.82) is 0 Å². The number of methoxy groups -OCH3 is 2.